The lowest BCUT2D eigenvalue weighted by molar-refractivity contribution is 0.101. The SMILES string of the molecule is OCCCOC[C@@H]1CCCN1. The lowest BCUT2D eigenvalue weighted by atomic mass is 10.2. The summed E-state index contributed by atoms with van der Waals surface area (Å²) in [6.45, 7) is 2.86. The van der Waals surface area contributed by atoms with Crippen LogP contribution in [0.25, 0.3) is 0 Å². The topological polar surface area (TPSA) is 41.5 Å². The molecule has 11 heavy (non-hydrogen) atoms. The molecular weight excluding hydrogens is 142 g/mol. The summed E-state index contributed by atoms with van der Waals surface area (Å²) in [5.41, 5.74) is 0. The largest absolute Gasteiger partial charge is 0.396 e. The molecule has 0 amide bonds. The Balaban J connectivity index is 1.86. The minimum atomic E-state index is 0.234. The van der Waals surface area contributed by atoms with E-state index in [2.05, 4.69) is 5.32 Å². The van der Waals surface area contributed by atoms with Crippen molar-refractivity contribution in [3.8, 4) is 0 Å². The minimum Gasteiger partial charge on any atom is -0.396 e. The average molecular weight is 159 g/mol. The number of hydrogen-bond donors (Lipinski definition) is 2. The van der Waals surface area contributed by atoms with E-state index in [1.165, 1.54) is 12.8 Å². The smallest absolute Gasteiger partial charge is 0.0619 e. The third kappa shape index (κ3) is 3.70. The van der Waals surface area contributed by atoms with E-state index in [4.69, 9.17) is 9.84 Å². The number of aliphatic hydroxyl groups is 1. The fraction of sp³-hybridized carbons (Fsp3) is 1.00. The van der Waals surface area contributed by atoms with E-state index in [-0.39, 0.29) is 6.61 Å². The van der Waals surface area contributed by atoms with Gasteiger partial charge >= 0.3 is 0 Å². The Bertz CT molecular complexity index is 92.1. The van der Waals surface area contributed by atoms with E-state index in [0.29, 0.717) is 12.6 Å². The summed E-state index contributed by atoms with van der Waals surface area (Å²) in [5, 5.41) is 11.8. The van der Waals surface area contributed by atoms with E-state index in [0.717, 1.165) is 19.6 Å². The van der Waals surface area contributed by atoms with Crippen molar-refractivity contribution < 1.29 is 9.84 Å². The second kappa shape index (κ2) is 5.52. The van der Waals surface area contributed by atoms with Gasteiger partial charge in [-0.3, -0.25) is 0 Å². The second-order valence-corrected chi connectivity index (χ2v) is 2.95. The maximum absolute atomic E-state index is 8.46. The van der Waals surface area contributed by atoms with Gasteiger partial charge in [-0.1, -0.05) is 0 Å². The highest BCUT2D eigenvalue weighted by atomic mass is 16.5. The van der Waals surface area contributed by atoms with Crippen molar-refractivity contribution in [2.24, 2.45) is 0 Å². The van der Waals surface area contributed by atoms with E-state index in [1.807, 2.05) is 0 Å². The average Bonchev–Trinajstić information content (AvgIpc) is 2.50. The Labute approximate surface area is 67.7 Å². The molecule has 0 aromatic carbocycles. The van der Waals surface area contributed by atoms with Crippen LogP contribution in [0.4, 0.5) is 0 Å². The predicted molar refractivity (Wildman–Crippen MR) is 43.5 cm³/mol. The van der Waals surface area contributed by atoms with Crippen LogP contribution >= 0.6 is 0 Å². The first-order valence-corrected chi connectivity index (χ1v) is 4.35. The molecule has 0 aliphatic carbocycles. The van der Waals surface area contributed by atoms with Crippen LogP contribution in [-0.4, -0.2) is 37.5 Å². The molecule has 1 rings (SSSR count). The van der Waals surface area contributed by atoms with Crippen LogP contribution in [0.1, 0.15) is 19.3 Å². The number of rotatable bonds is 5. The zero-order chi connectivity index (χ0) is 7.94. The maximum Gasteiger partial charge on any atom is 0.0619 e. The molecule has 1 aliphatic rings. The number of aliphatic hydroxyl groups excluding tert-OH is 1. The summed E-state index contributed by atoms with van der Waals surface area (Å²) in [7, 11) is 0. The third-order valence-electron chi connectivity index (χ3n) is 1.93. The van der Waals surface area contributed by atoms with Crippen LogP contribution in [-0.2, 0) is 4.74 Å². The van der Waals surface area contributed by atoms with Crippen LogP contribution in [0.5, 0.6) is 0 Å². The fourth-order valence-electron chi connectivity index (χ4n) is 1.29. The van der Waals surface area contributed by atoms with Crippen molar-refractivity contribution in [1.82, 2.24) is 5.32 Å². The molecule has 2 N–H and O–H groups in total. The Morgan fingerprint density at radius 2 is 2.45 bits per heavy atom. The van der Waals surface area contributed by atoms with E-state index in [1.54, 1.807) is 0 Å². The first-order chi connectivity index (χ1) is 5.43. The lowest BCUT2D eigenvalue weighted by Gasteiger charge is -2.09. The van der Waals surface area contributed by atoms with Crippen LogP contribution < -0.4 is 5.32 Å². The summed E-state index contributed by atoms with van der Waals surface area (Å²) in [4.78, 5) is 0. The normalized spacial score (nSPS) is 24.3. The molecule has 0 spiro atoms. The Kier molecular flexibility index (Phi) is 4.50. The predicted octanol–water partition coefficient (Wildman–Crippen LogP) is 0.137. The van der Waals surface area contributed by atoms with Gasteiger partial charge in [0.2, 0.25) is 0 Å². The molecule has 1 atom stereocenters. The second-order valence-electron chi connectivity index (χ2n) is 2.95. The quantitative estimate of drug-likeness (QED) is 0.561. The van der Waals surface area contributed by atoms with Gasteiger partial charge < -0.3 is 15.2 Å². The van der Waals surface area contributed by atoms with Gasteiger partial charge in [-0.2, -0.15) is 0 Å². The van der Waals surface area contributed by atoms with Crippen LogP contribution in [0.2, 0.25) is 0 Å². The summed E-state index contributed by atoms with van der Waals surface area (Å²) >= 11 is 0. The van der Waals surface area contributed by atoms with Gasteiger partial charge in [0.15, 0.2) is 0 Å². The van der Waals surface area contributed by atoms with Gasteiger partial charge in [0.1, 0.15) is 0 Å². The highest BCUT2D eigenvalue weighted by Gasteiger charge is 2.12. The van der Waals surface area contributed by atoms with Crippen molar-refractivity contribution >= 4 is 0 Å². The van der Waals surface area contributed by atoms with Crippen molar-refractivity contribution in [2.75, 3.05) is 26.4 Å². The molecule has 0 saturated carbocycles. The number of nitrogens with one attached hydrogen (secondary N) is 1. The molecule has 1 heterocycles. The molecule has 0 unspecified atom stereocenters. The highest BCUT2D eigenvalue weighted by Crippen LogP contribution is 2.04. The molecular formula is C8H17NO2. The first kappa shape index (κ1) is 8.97. The van der Waals surface area contributed by atoms with Gasteiger partial charge in [-0.25, -0.2) is 0 Å². The third-order valence-corrected chi connectivity index (χ3v) is 1.93. The van der Waals surface area contributed by atoms with Crippen molar-refractivity contribution in [1.29, 1.82) is 0 Å². The molecule has 0 radical (unpaired) electrons. The van der Waals surface area contributed by atoms with E-state index in [9.17, 15) is 0 Å². The van der Waals surface area contributed by atoms with Crippen LogP contribution in [0.15, 0.2) is 0 Å². The van der Waals surface area contributed by atoms with Gasteiger partial charge in [0, 0.05) is 19.3 Å². The molecule has 3 heteroatoms. The molecule has 0 bridgehead atoms. The number of ether oxygens (including phenoxy) is 1. The van der Waals surface area contributed by atoms with E-state index < -0.39 is 0 Å². The van der Waals surface area contributed by atoms with Gasteiger partial charge in [-0.15, -0.1) is 0 Å². The zero-order valence-electron chi connectivity index (χ0n) is 6.88. The standard InChI is InChI=1S/C8H17NO2/c10-5-2-6-11-7-8-3-1-4-9-8/h8-10H,1-7H2/t8-/m0/s1. The molecule has 0 aromatic heterocycles. The molecule has 1 fully saturated rings. The monoisotopic (exact) mass is 159 g/mol. The fourth-order valence-corrected chi connectivity index (χ4v) is 1.29. The van der Waals surface area contributed by atoms with Gasteiger partial charge in [0.25, 0.3) is 0 Å². The molecule has 0 aromatic rings. The summed E-state index contributed by atoms with van der Waals surface area (Å²) in [6, 6.07) is 0.564. The molecule has 3 nitrogen and oxygen atoms in total. The highest BCUT2D eigenvalue weighted by molar-refractivity contribution is 4.73. The van der Waals surface area contributed by atoms with Crippen molar-refractivity contribution in [3.05, 3.63) is 0 Å². The molecule has 1 saturated heterocycles. The van der Waals surface area contributed by atoms with Crippen LogP contribution in [0, 0.1) is 0 Å². The maximum atomic E-state index is 8.46. The van der Waals surface area contributed by atoms with Gasteiger partial charge in [-0.05, 0) is 25.8 Å². The van der Waals surface area contributed by atoms with E-state index >= 15 is 0 Å². The Morgan fingerprint density at radius 1 is 1.55 bits per heavy atom. The lowest BCUT2D eigenvalue weighted by Crippen LogP contribution is -2.26. The number of hydrogen-bond acceptors (Lipinski definition) is 3. The Morgan fingerprint density at radius 3 is 3.09 bits per heavy atom. The summed E-state index contributed by atoms with van der Waals surface area (Å²) in [6.07, 6.45) is 3.26. The summed E-state index contributed by atoms with van der Waals surface area (Å²) in [5.74, 6) is 0. The summed E-state index contributed by atoms with van der Waals surface area (Å²) < 4.78 is 5.34. The van der Waals surface area contributed by atoms with Crippen molar-refractivity contribution in [3.63, 3.8) is 0 Å². The zero-order valence-corrected chi connectivity index (χ0v) is 6.88. The van der Waals surface area contributed by atoms with Crippen LogP contribution in [0.3, 0.4) is 0 Å². The molecule has 66 valence electrons. The molecule has 1 aliphatic heterocycles. The Hall–Kier alpha value is -0.120. The first-order valence-electron chi connectivity index (χ1n) is 4.35. The van der Waals surface area contributed by atoms with Crippen molar-refractivity contribution in [2.45, 2.75) is 25.3 Å². The minimum absolute atomic E-state index is 0.234. The van der Waals surface area contributed by atoms with Gasteiger partial charge in [0.05, 0.1) is 6.61 Å².